The van der Waals surface area contributed by atoms with Crippen molar-refractivity contribution in [2.75, 3.05) is 26.7 Å². The van der Waals surface area contributed by atoms with E-state index in [4.69, 9.17) is 0 Å². The number of likely N-dealkylation sites (tertiary alicyclic amines) is 1. The fourth-order valence-electron chi connectivity index (χ4n) is 4.46. The predicted molar refractivity (Wildman–Crippen MR) is 206 cm³/mol. The smallest absolute Gasteiger partial charge is 0.315 e. The van der Waals surface area contributed by atoms with Gasteiger partial charge in [-0.15, -0.1) is 19.2 Å². The minimum absolute atomic E-state index is 0.217. The zero-order valence-electron chi connectivity index (χ0n) is 32.2. The van der Waals surface area contributed by atoms with Gasteiger partial charge in [0, 0.05) is 19.1 Å². The fraction of sp³-hybridized carbons (Fsp3) is 0.676. The molecule has 286 valence electrons. The number of nitrogens with zero attached hydrogens (tertiary/aromatic N) is 1. The summed E-state index contributed by atoms with van der Waals surface area (Å²) in [4.78, 5) is 70.0. The van der Waals surface area contributed by atoms with Gasteiger partial charge in [0.25, 0.3) is 5.91 Å². The number of thiol groups is 1. The number of urea groups is 1. The number of hydrogen-bond donors (Lipinski definition) is 6. The van der Waals surface area contributed by atoms with Gasteiger partial charge in [0.2, 0.25) is 18.6 Å². The number of carbonyl (C=O) groups is 6. The Labute approximate surface area is 306 Å². The molecular formula is C37H66N6O6S. The first-order valence-electron chi connectivity index (χ1n) is 17.4. The number of aldehydes is 1. The molecule has 12 nitrogen and oxygen atoms in total. The first kappa shape index (κ1) is 48.7. The van der Waals surface area contributed by atoms with Crippen LogP contribution in [0.1, 0.15) is 101 Å². The van der Waals surface area contributed by atoms with Crippen LogP contribution in [0.25, 0.3) is 0 Å². The quantitative estimate of drug-likeness (QED) is 0.0666. The lowest BCUT2D eigenvalue weighted by atomic mass is 9.86. The number of Topliss-reactive ketones (excluding diaryl/α,β-unsaturated/α-hetero) is 1. The molecule has 5 amide bonds. The van der Waals surface area contributed by atoms with Crippen molar-refractivity contribution in [2.45, 2.75) is 125 Å². The van der Waals surface area contributed by atoms with Crippen molar-refractivity contribution in [3.63, 3.8) is 0 Å². The van der Waals surface area contributed by atoms with E-state index in [1.54, 1.807) is 0 Å². The van der Waals surface area contributed by atoms with E-state index in [9.17, 15) is 28.8 Å². The molecule has 0 aromatic rings. The molecule has 0 radical (unpaired) electrons. The molecule has 1 saturated heterocycles. The van der Waals surface area contributed by atoms with Crippen LogP contribution in [0.5, 0.6) is 0 Å². The summed E-state index contributed by atoms with van der Waals surface area (Å²) in [6, 6.07) is -1.09. The zero-order chi connectivity index (χ0) is 38.9. The van der Waals surface area contributed by atoms with Crippen molar-refractivity contribution >= 4 is 49.5 Å². The van der Waals surface area contributed by atoms with Crippen LogP contribution in [0.15, 0.2) is 35.3 Å². The van der Waals surface area contributed by atoms with Gasteiger partial charge < -0.3 is 36.3 Å². The van der Waals surface area contributed by atoms with Crippen LogP contribution < -0.4 is 26.6 Å². The van der Waals surface area contributed by atoms with Crippen LogP contribution in [0.4, 0.5) is 4.79 Å². The molecule has 4 atom stereocenters. The monoisotopic (exact) mass is 722 g/mol. The van der Waals surface area contributed by atoms with Gasteiger partial charge in [0.05, 0.1) is 18.1 Å². The number of amides is 5. The molecule has 0 aromatic carbocycles. The average molecular weight is 723 g/mol. The minimum Gasteiger partial charge on any atom is -0.357 e. The van der Waals surface area contributed by atoms with Crippen molar-refractivity contribution in [1.29, 1.82) is 0 Å². The summed E-state index contributed by atoms with van der Waals surface area (Å²) in [5.74, 6) is -1.31. The molecule has 0 aromatic heterocycles. The molecule has 1 aliphatic carbocycles. The first-order chi connectivity index (χ1) is 23.3. The van der Waals surface area contributed by atoms with Gasteiger partial charge in [0.1, 0.15) is 6.29 Å². The van der Waals surface area contributed by atoms with E-state index in [2.05, 4.69) is 83.7 Å². The molecule has 0 bridgehead atoms. The third-order valence-corrected chi connectivity index (χ3v) is 8.74. The summed E-state index contributed by atoms with van der Waals surface area (Å²) < 4.78 is 0. The van der Waals surface area contributed by atoms with Gasteiger partial charge >= 0.3 is 6.03 Å². The van der Waals surface area contributed by atoms with Crippen LogP contribution in [0.3, 0.4) is 0 Å². The first-order valence-corrected chi connectivity index (χ1v) is 17.8. The van der Waals surface area contributed by atoms with Crippen molar-refractivity contribution in [3.05, 3.63) is 35.3 Å². The summed E-state index contributed by atoms with van der Waals surface area (Å²) in [6.45, 7) is 23.1. The number of nitrogens with one attached hydrogen (secondary N) is 5. The highest BCUT2D eigenvalue weighted by molar-refractivity contribution is 7.84. The Balaban J connectivity index is 0. The summed E-state index contributed by atoms with van der Waals surface area (Å²) in [6.07, 6.45) is 13.8. The van der Waals surface area contributed by atoms with Crippen molar-refractivity contribution < 1.29 is 28.8 Å². The van der Waals surface area contributed by atoms with Crippen molar-refractivity contribution in [3.8, 4) is 0 Å². The topological polar surface area (TPSA) is 166 Å². The van der Waals surface area contributed by atoms with Gasteiger partial charge in [-0.1, -0.05) is 73.1 Å². The Morgan fingerprint density at radius 2 is 1.70 bits per heavy atom. The highest BCUT2D eigenvalue weighted by Gasteiger charge is 2.29. The maximum Gasteiger partial charge on any atom is 0.315 e. The Morgan fingerprint density at radius 1 is 1.06 bits per heavy atom. The van der Waals surface area contributed by atoms with Crippen LogP contribution in [0, 0.1) is 10.8 Å². The second-order valence-corrected chi connectivity index (χ2v) is 15.1. The molecule has 1 fully saturated rings. The Hall–Kier alpha value is -3.45. The van der Waals surface area contributed by atoms with E-state index >= 15 is 0 Å². The van der Waals surface area contributed by atoms with Crippen LogP contribution in [-0.4, -0.2) is 92.6 Å². The fourth-order valence-corrected chi connectivity index (χ4v) is 4.66. The summed E-state index contributed by atoms with van der Waals surface area (Å²) in [7, 11) is 2.19. The Kier molecular flexibility index (Phi) is 25.7. The molecule has 13 heteroatoms. The molecule has 1 heterocycles. The molecule has 1 aliphatic heterocycles. The standard InChI is InChI=1S/C14H27N3O3.C10H16N2O3.C7H10S.C6H13N/c1-13(2,3)10(7-15-9-19)16-12(20)17-11(8-18)14(4,5)6;1-3-5-8(12-7-13)9(14)10(15)11-6-4-2;1-6-4-2-3-5-7(6)8;1-6-4-3-5-7(6)2/h8-11H,7H2,1-6H3,(H,15,19)(H2,16,17,20);4,7-8H,2-3,5-6H2,1H3,(H,11,15)(H,12,13);2,4,8H,3,5H2,1H3;6H,3-5H2,1-2H3. The van der Waals surface area contributed by atoms with E-state index < -0.39 is 29.8 Å². The number of ketones is 1. The molecule has 50 heavy (non-hydrogen) atoms. The van der Waals surface area contributed by atoms with E-state index in [1.165, 1.54) is 35.9 Å². The Morgan fingerprint density at radius 3 is 2.06 bits per heavy atom. The number of carbonyl (C=O) groups excluding carboxylic acids is 6. The number of hydrogen-bond acceptors (Lipinski definition) is 8. The van der Waals surface area contributed by atoms with Gasteiger partial charge in [-0.05, 0) is 80.9 Å². The van der Waals surface area contributed by atoms with E-state index in [0.29, 0.717) is 32.2 Å². The lowest BCUT2D eigenvalue weighted by Gasteiger charge is -2.33. The number of rotatable bonds is 14. The molecule has 5 N–H and O–H groups in total. The molecule has 0 saturated carbocycles. The maximum atomic E-state index is 12.0. The third-order valence-electron chi connectivity index (χ3n) is 8.16. The van der Waals surface area contributed by atoms with Gasteiger partial charge in [-0.3, -0.25) is 19.2 Å². The number of allylic oxidation sites excluding steroid dienone is 4. The predicted octanol–water partition coefficient (Wildman–Crippen LogP) is 4.47. The van der Waals surface area contributed by atoms with Crippen LogP contribution in [0.2, 0.25) is 0 Å². The summed E-state index contributed by atoms with van der Waals surface area (Å²) in [5.41, 5.74) is 0.753. The normalized spacial score (nSPS) is 17.3. The van der Waals surface area contributed by atoms with Gasteiger partial charge in [-0.2, -0.15) is 0 Å². The lowest BCUT2D eigenvalue weighted by molar-refractivity contribution is -0.139. The molecule has 0 spiro atoms. The van der Waals surface area contributed by atoms with Gasteiger partial charge in [0.15, 0.2) is 0 Å². The van der Waals surface area contributed by atoms with Crippen LogP contribution in [-0.2, 0) is 24.0 Å². The van der Waals surface area contributed by atoms with Gasteiger partial charge in [-0.25, -0.2) is 4.79 Å². The maximum absolute atomic E-state index is 12.0. The Bertz CT molecular complexity index is 1120. The highest BCUT2D eigenvalue weighted by Crippen LogP contribution is 2.21. The molecular weight excluding hydrogens is 657 g/mol. The van der Waals surface area contributed by atoms with E-state index in [0.717, 1.165) is 25.2 Å². The second kappa shape index (κ2) is 26.4. The zero-order valence-corrected chi connectivity index (χ0v) is 33.1. The minimum atomic E-state index is -0.725. The molecule has 4 unspecified atom stereocenters. The van der Waals surface area contributed by atoms with E-state index in [-0.39, 0.29) is 23.4 Å². The largest absolute Gasteiger partial charge is 0.357 e. The summed E-state index contributed by atoms with van der Waals surface area (Å²) >= 11 is 4.28. The van der Waals surface area contributed by atoms with Crippen molar-refractivity contribution in [1.82, 2.24) is 31.5 Å². The SMILES string of the molecule is C=CCNC(=O)C(=O)C(CCC)NC=O.CC(C)(C)C(C=O)NC(=O)NC(CNC=O)C(C)(C)C.CC1=C(S)CCC=C1.CC1CCCN1C. The van der Waals surface area contributed by atoms with E-state index in [1.807, 2.05) is 48.5 Å². The van der Waals surface area contributed by atoms with Crippen LogP contribution >= 0.6 is 12.6 Å². The second-order valence-electron chi connectivity index (χ2n) is 14.6. The third kappa shape index (κ3) is 22.3. The molecule has 2 aliphatic rings. The molecule has 2 rings (SSSR count). The summed E-state index contributed by atoms with van der Waals surface area (Å²) in [5, 5.41) is 12.7. The lowest BCUT2D eigenvalue weighted by Crippen LogP contribution is -2.56. The van der Waals surface area contributed by atoms with Crippen molar-refractivity contribution in [2.24, 2.45) is 10.8 Å². The highest BCUT2D eigenvalue weighted by atomic mass is 32.1. The average Bonchev–Trinajstić information content (AvgIpc) is 3.42.